The molecule has 0 unspecified atom stereocenters. The summed E-state index contributed by atoms with van der Waals surface area (Å²) < 4.78 is 32.2. The Labute approximate surface area is 148 Å². The van der Waals surface area contributed by atoms with Crippen molar-refractivity contribution in [1.82, 2.24) is 9.29 Å². The smallest absolute Gasteiger partial charge is 0.244 e. The van der Waals surface area contributed by atoms with Crippen molar-refractivity contribution in [2.75, 3.05) is 25.0 Å². The van der Waals surface area contributed by atoms with Crippen molar-refractivity contribution in [1.29, 1.82) is 0 Å². The Morgan fingerprint density at radius 2 is 1.80 bits per heavy atom. The first-order chi connectivity index (χ1) is 12.1. The molecule has 0 aliphatic carbocycles. The zero-order valence-electron chi connectivity index (χ0n) is 14.3. The Morgan fingerprint density at radius 1 is 1.08 bits per heavy atom. The van der Waals surface area contributed by atoms with Gasteiger partial charge in [-0.05, 0) is 56.2 Å². The Kier molecular flexibility index (Phi) is 5.55. The highest BCUT2D eigenvalue weighted by molar-refractivity contribution is 7.89. The van der Waals surface area contributed by atoms with E-state index in [1.54, 1.807) is 16.4 Å². The van der Waals surface area contributed by atoms with Crippen LogP contribution in [0.3, 0.4) is 0 Å². The highest BCUT2D eigenvalue weighted by Crippen LogP contribution is 2.22. The van der Waals surface area contributed by atoms with Crippen molar-refractivity contribution in [2.45, 2.75) is 31.1 Å². The predicted octanol–water partition coefficient (Wildman–Crippen LogP) is 3.40. The molecule has 25 heavy (non-hydrogen) atoms. The minimum atomic E-state index is -3.44. The van der Waals surface area contributed by atoms with Gasteiger partial charge in [-0.1, -0.05) is 6.42 Å². The van der Waals surface area contributed by atoms with Crippen LogP contribution in [0.15, 0.2) is 47.5 Å². The third kappa shape index (κ3) is 4.29. The first kappa shape index (κ1) is 17.7. The topological polar surface area (TPSA) is 71.5 Å². The van der Waals surface area contributed by atoms with E-state index in [9.17, 15) is 8.42 Å². The van der Waals surface area contributed by atoms with Gasteiger partial charge in [0, 0.05) is 25.0 Å². The molecule has 3 rings (SSSR count). The third-order valence-electron chi connectivity index (χ3n) is 4.13. The van der Waals surface area contributed by atoms with Gasteiger partial charge in [0.25, 0.3) is 0 Å². The number of benzene rings is 1. The lowest BCUT2D eigenvalue weighted by molar-refractivity contribution is 0.340. The second kappa shape index (κ2) is 7.84. The average Bonchev–Trinajstić information content (AvgIpc) is 2.65. The molecule has 1 N–H and O–H groups in total. The fourth-order valence-corrected chi connectivity index (χ4v) is 4.27. The molecule has 1 fully saturated rings. The fraction of sp³-hybridized carbons (Fsp3) is 0.389. The van der Waals surface area contributed by atoms with Gasteiger partial charge in [0.1, 0.15) is 16.5 Å². The SMILES string of the molecule is CCOc1ccc(Nc2ccc(S(=O)(=O)N3CCCCC3)cn2)cc1. The molecule has 0 amide bonds. The molecule has 1 aromatic carbocycles. The van der Waals surface area contributed by atoms with E-state index in [-0.39, 0.29) is 4.90 Å². The van der Waals surface area contributed by atoms with Crippen LogP contribution in [-0.2, 0) is 10.0 Å². The number of anilines is 2. The van der Waals surface area contributed by atoms with Crippen molar-refractivity contribution in [3.05, 3.63) is 42.6 Å². The molecule has 1 aliphatic rings. The molecule has 134 valence electrons. The Balaban J connectivity index is 1.69. The number of sulfonamides is 1. The first-order valence-corrected chi connectivity index (χ1v) is 9.99. The fourth-order valence-electron chi connectivity index (χ4n) is 2.81. The van der Waals surface area contributed by atoms with Crippen molar-refractivity contribution in [3.63, 3.8) is 0 Å². The highest BCUT2D eigenvalue weighted by Gasteiger charge is 2.26. The van der Waals surface area contributed by atoms with E-state index in [1.807, 2.05) is 31.2 Å². The monoisotopic (exact) mass is 361 g/mol. The molecule has 0 bridgehead atoms. The van der Waals surface area contributed by atoms with Crippen LogP contribution in [-0.4, -0.2) is 37.4 Å². The molecule has 7 heteroatoms. The molecule has 0 spiro atoms. The lowest BCUT2D eigenvalue weighted by Crippen LogP contribution is -2.35. The maximum atomic E-state index is 12.6. The molecular formula is C18H23N3O3S. The molecule has 1 aliphatic heterocycles. The van der Waals surface area contributed by atoms with E-state index in [2.05, 4.69) is 10.3 Å². The molecule has 0 saturated carbocycles. The minimum absolute atomic E-state index is 0.242. The van der Waals surface area contributed by atoms with Crippen LogP contribution >= 0.6 is 0 Å². The second-order valence-electron chi connectivity index (χ2n) is 5.93. The number of hydrogen-bond donors (Lipinski definition) is 1. The maximum absolute atomic E-state index is 12.6. The van der Waals surface area contributed by atoms with E-state index in [1.165, 1.54) is 6.20 Å². The number of rotatable bonds is 6. The molecule has 2 aromatic rings. The van der Waals surface area contributed by atoms with Gasteiger partial charge in [-0.2, -0.15) is 4.31 Å². The van der Waals surface area contributed by atoms with Gasteiger partial charge in [0.15, 0.2) is 0 Å². The molecule has 6 nitrogen and oxygen atoms in total. The number of piperidine rings is 1. The van der Waals surface area contributed by atoms with Crippen LogP contribution in [0.4, 0.5) is 11.5 Å². The zero-order chi connectivity index (χ0) is 17.7. The first-order valence-electron chi connectivity index (χ1n) is 8.55. The summed E-state index contributed by atoms with van der Waals surface area (Å²) in [7, 11) is -3.44. The zero-order valence-corrected chi connectivity index (χ0v) is 15.1. The lowest BCUT2D eigenvalue weighted by atomic mass is 10.2. The number of aromatic nitrogens is 1. The van der Waals surface area contributed by atoms with Gasteiger partial charge in [-0.25, -0.2) is 13.4 Å². The van der Waals surface area contributed by atoms with Gasteiger partial charge in [-0.15, -0.1) is 0 Å². The van der Waals surface area contributed by atoms with Gasteiger partial charge in [0.05, 0.1) is 6.61 Å². The summed E-state index contributed by atoms with van der Waals surface area (Å²) >= 11 is 0. The summed E-state index contributed by atoms with van der Waals surface area (Å²) in [4.78, 5) is 4.49. The van der Waals surface area contributed by atoms with Crippen LogP contribution in [0.25, 0.3) is 0 Å². The normalized spacial score (nSPS) is 15.7. The van der Waals surface area contributed by atoms with Crippen molar-refractivity contribution < 1.29 is 13.2 Å². The Morgan fingerprint density at radius 3 is 2.40 bits per heavy atom. The molecule has 0 atom stereocenters. The standard InChI is InChI=1S/C18H23N3O3S/c1-2-24-16-8-6-15(7-9-16)20-18-11-10-17(14-19-18)25(22,23)21-12-4-3-5-13-21/h6-11,14H,2-5,12-13H2,1H3,(H,19,20). The van der Waals surface area contributed by atoms with Gasteiger partial charge >= 0.3 is 0 Å². The summed E-state index contributed by atoms with van der Waals surface area (Å²) in [5.41, 5.74) is 0.864. The average molecular weight is 361 g/mol. The number of ether oxygens (including phenoxy) is 1. The second-order valence-corrected chi connectivity index (χ2v) is 7.86. The third-order valence-corrected chi connectivity index (χ3v) is 6.01. The van der Waals surface area contributed by atoms with Gasteiger partial charge in [-0.3, -0.25) is 0 Å². The minimum Gasteiger partial charge on any atom is -0.494 e. The van der Waals surface area contributed by atoms with E-state index in [0.29, 0.717) is 25.5 Å². The summed E-state index contributed by atoms with van der Waals surface area (Å²) in [5, 5.41) is 3.16. The number of pyridine rings is 1. The number of nitrogens with one attached hydrogen (secondary N) is 1. The molecular weight excluding hydrogens is 338 g/mol. The predicted molar refractivity (Wildman–Crippen MR) is 97.7 cm³/mol. The van der Waals surface area contributed by atoms with Gasteiger partial charge < -0.3 is 10.1 Å². The summed E-state index contributed by atoms with van der Waals surface area (Å²) in [5.74, 6) is 1.41. The van der Waals surface area contributed by atoms with Crippen LogP contribution in [0.1, 0.15) is 26.2 Å². The maximum Gasteiger partial charge on any atom is 0.244 e. The van der Waals surface area contributed by atoms with Crippen LogP contribution in [0.5, 0.6) is 5.75 Å². The lowest BCUT2D eigenvalue weighted by Gasteiger charge is -2.25. The Bertz CT molecular complexity index is 783. The summed E-state index contributed by atoms with van der Waals surface area (Å²) in [6.45, 7) is 3.75. The van der Waals surface area contributed by atoms with E-state index in [4.69, 9.17) is 4.74 Å². The van der Waals surface area contributed by atoms with E-state index < -0.39 is 10.0 Å². The quantitative estimate of drug-likeness (QED) is 0.854. The molecule has 1 saturated heterocycles. The van der Waals surface area contributed by atoms with Crippen molar-refractivity contribution >= 4 is 21.5 Å². The Hall–Kier alpha value is -2.12. The van der Waals surface area contributed by atoms with E-state index >= 15 is 0 Å². The van der Waals surface area contributed by atoms with Crippen LogP contribution in [0.2, 0.25) is 0 Å². The number of hydrogen-bond acceptors (Lipinski definition) is 5. The molecule has 1 aromatic heterocycles. The summed E-state index contributed by atoms with van der Waals surface area (Å²) in [6.07, 6.45) is 4.35. The molecule has 0 radical (unpaired) electrons. The van der Waals surface area contributed by atoms with E-state index in [0.717, 1.165) is 30.7 Å². The largest absolute Gasteiger partial charge is 0.494 e. The van der Waals surface area contributed by atoms with Crippen molar-refractivity contribution in [3.8, 4) is 5.75 Å². The summed E-state index contributed by atoms with van der Waals surface area (Å²) in [6, 6.07) is 10.8. The van der Waals surface area contributed by atoms with Crippen LogP contribution < -0.4 is 10.1 Å². The molecule has 2 heterocycles. The van der Waals surface area contributed by atoms with Crippen LogP contribution in [0, 0.1) is 0 Å². The van der Waals surface area contributed by atoms with Gasteiger partial charge in [0.2, 0.25) is 10.0 Å². The van der Waals surface area contributed by atoms with Crippen molar-refractivity contribution in [2.24, 2.45) is 0 Å². The number of nitrogens with zero attached hydrogens (tertiary/aromatic N) is 2. The highest BCUT2D eigenvalue weighted by atomic mass is 32.2.